The van der Waals surface area contributed by atoms with Crippen molar-refractivity contribution in [1.29, 1.82) is 0 Å². The Hall–Kier alpha value is -1.97. The van der Waals surface area contributed by atoms with Crippen molar-refractivity contribution in [3.63, 3.8) is 0 Å². The van der Waals surface area contributed by atoms with Crippen molar-refractivity contribution in [2.24, 2.45) is 0 Å². The van der Waals surface area contributed by atoms with E-state index in [1.807, 2.05) is 6.92 Å². The van der Waals surface area contributed by atoms with Crippen LogP contribution in [0.4, 0.5) is 4.39 Å². The van der Waals surface area contributed by atoms with Gasteiger partial charge in [0.1, 0.15) is 5.76 Å². The number of hydrogen-bond donors (Lipinski definition) is 0. The first-order valence-electron chi connectivity index (χ1n) is 4.94. The third kappa shape index (κ3) is 1.74. The lowest BCUT2D eigenvalue weighted by Crippen LogP contribution is -2.05. The third-order valence-corrected chi connectivity index (χ3v) is 2.33. The number of aryl methyl sites for hydroxylation is 1. The number of carbonyl (C=O) groups is 1. The maximum Gasteiger partial charge on any atom is 0.199 e. The summed E-state index contributed by atoms with van der Waals surface area (Å²) >= 11 is 0. The van der Waals surface area contributed by atoms with Gasteiger partial charge in [0.15, 0.2) is 11.6 Å². The molecular weight excluding hydrogens is 209 g/mol. The fourth-order valence-corrected chi connectivity index (χ4v) is 1.52. The summed E-state index contributed by atoms with van der Waals surface area (Å²) in [5.74, 6) is -0.414. The fraction of sp³-hybridized carbons (Fsp3) is 0.167. The summed E-state index contributed by atoms with van der Waals surface area (Å²) in [6.45, 7) is 1.87. The molecule has 0 bridgehead atoms. The van der Waals surface area contributed by atoms with Crippen LogP contribution in [0.25, 0.3) is 0 Å². The van der Waals surface area contributed by atoms with Gasteiger partial charge in [0, 0.05) is 12.6 Å². The van der Waals surface area contributed by atoms with E-state index in [4.69, 9.17) is 4.42 Å². The van der Waals surface area contributed by atoms with Crippen LogP contribution in [0.3, 0.4) is 0 Å². The molecule has 2 heterocycles. The molecule has 3 nitrogen and oxygen atoms in total. The Bertz CT molecular complexity index is 519. The molecule has 0 saturated heterocycles. The highest BCUT2D eigenvalue weighted by Gasteiger charge is 2.18. The van der Waals surface area contributed by atoms with Gasteiger partial charge in [0.2, 0.25) is 0 Å². The van der Waals surface area contributed by atoms with Crippen molar-refractivity contribution in [2.75, 3.05) is 0 Å². The van der Waals surface area contributed by atoms with E-state index in [0.29, 0.717) is 17.7 Å². The zero-order valence-corrected chi connectivity index (χ0v) is 8.74. The summed E-state index contributed by atoms with van der Waals surface area (Å²) in [5.41, 5.74) is 0.429. The number of nitrogens with zero attached hydrogens (tertiary/aromatic N) is 1. The molecule has 0 aliphatic heterocycles. The van der Waals surface area contributed by atoms with Crippen LogP contribution in [0.2, 0.25) is 0 Å². The first-order valence-corrected chi connectivity index (χ1v) is 4.94. The van der Waals surface area contributed by atoms with E-state index in [1.165, 1.54) is 18.5 Å². The highest BCUT2D eigenvalue weighted by atomic mass is 19.1. The lowest BCUT2D eigenvalue weighted by atomic mass is 10.0. The van der Waals surface area contributed by atoms with Gasteiger partial charge < -0.3 is 4.42 Å². The number of halogens is 1. The minimum absolute atomic E-state index is 0.0195. The van der Waals surface area contributed by atoms with Crippen LogP contribution >= 0.6 is 0 Å². The molecule has 4 heteroatoms. The van der Waals surface area contributed by atoms with E-state index in [0.717, 1.165) is 6.20 Å². The second kappa shape index (κ2) is 4.26. The Morgan fingerprint density at radius 3 is 2.94 bits per heavy atom. The van der Waals surface area contributed by atoms with Crippen LogP contribution in [-0.2, 0) is 6.42 Å². The van der Waals surface area contributed by atoms with Gasteiger partial charge >= 0.3 is 0 Å². The lowest BCUT2D eigenvalue weighted by molar-refractivity contribution is 0.103. The number of furan rings is 1. The molecule has 0 atom stereocenters. The minimum atomic E-state index is -0.615. The second-order valence-corrected chi connectivity index (χ2v) is 3.30. The van der Waals surface area contributed by atoms with E-state index in [-0.39, 0.29) is 11.3 Å². The summed E-state index contributed by atoms with van der Waals surface area (Å²) in [7, 11) is 0. The number of aromatic nitrogens is 1. The minimum Gasteiger partial charge on any atom is -0.469 e. The predicted octanol–water partition coefficient (Wildman–Crippen LogP) is 2.61. The maximum absolute atomic E-state index is 13.4. The third-order valence-electron chi connectivity index (χ3n) is 2.33. The van der Waals surface area contributed by atoms with Gasteiger partial charge in [-0.05, 0) is 12.1 Å². The monoisotopic (exact) mass is 219 g/mol. The Balaban J connectivity index is 2.44. The van der Waals surface area contributed by atoms with E-state index in [9.17, 15) is 9.18 Å². The average molecular weight is 219 g/mol. The standard InChI is InChI=1S/C12H10FNO2/c1-2-11-9(4-6-16-11)12(15)8-3-5-14-7-10(8)13/h3-7H,2H2,1H3. The topological polar surface area (TPSA) is 43.1 Å². The van der Waals surface area contributed by atoms with Gasteiger partial charge in [-0.15, -0.1) is 0 Å². The predicted molar refractivity (Wildman–Crippen MR) is 55.7 cm³/mol. The van der Waals surface area contributed by atoms with Crippen molar-refractivity contribution >= 4 is 5.78 Å². The molecular formula is C12H10FNO2. The summed E-state index contributed by atoms with van der Waals surface area (Å²) in [6.07, 6.45) is 4.45. The molecule has 0 fully saturated rings. The second-order valence-electron chi connectivity index (χ2n) is 3.30. The molecule has 2 aromatic heterocycles. The molecule has 0 aliphatic rings. The highest BCUT2D eigenvalue weighted by molar-refractivity contribution is 6.09. The maximum atomic E-state index is 13.4. The molecule has 0 unspecified atom stereocenters. The van der Waals surface area contributed by atoms with Gasteiger partial charge in [-0.3, -0.25) is 9.78 Å². The van der Waals surface area contributed by atoms with Crippen LogP contribution in [0, 0.1) is 5.82 Å². The zero-order valence-electron chi connectivity index (χ0n) is 8.74. The molecule has 0 aliphatic carbocycles. The molecule has 2 aromatic rings. The Kier molecular flexibility index (Phi) is 2.81. The zero-order chi connectivity index (χ0) is 11.5. The molecule has 0 N–H and O–H groups in total. The quantitative estimate of drug-likeness (QED) is 0.745. The summed E-state index contributed by atoms with van der Waals surface area (Å²) in [4.78, 5) is 15.6. The lowest BCUT2D eigenvalue weighted by Gasteiger charge is -2.01. The molecule has 2 rings (SSSR count). The van der Waals surface area contributed by atoms with Gasteiger partial charge in [-0.25, -0.2) is 4.39 Å². The van der Waals surface area contributed by atoms with Crippen LogP contribution in [0.15, 0.2) is 35.2 Å². The van der Waals surface area contributed by atoms with Crippen molar-refractivity contribution < 1.29 is 13.6 Å². The van der Waals surface area contributed by atoms with Gasteiger partial charge in [0.25, 0.3) is 0 Å². The largest absolute Gasteiger partial charge is 0.469 e. The number of pyridine rings is 1. The molecule has 0 amide bonds. The summed E-state index contributed by atoms with van der Waals surface area (Å²) < 4.78 is 18.5. The van der Waals surface area contributed by atoms with Crippen LogP contribution in [0.1, 0.15) is 28.6 Å². The normalized spacial score (nSPS) is 10.4. The summed E-state index contributed by atoms with van der Waals surface area (Å²) in [6, 6.07) is 2.92. The van der Waals surface area contributed by atoms with Gasteiger partial charge in [-0.2, -0.15) is 0 Å². The molecule has 0 radical (unpaired) electrons. The number of rotatable bonds is 3. The van der Waals surface area contributed by atoms with Crippen molar-refractivity contribution in [2.45, 2.75) is 13.3 Å². The van der Waals surface area contributed by atoms with Crippen molar-refractivity contribution in [3.8, 4) is 0 Å². The van der Waals surface area contributed by atoms with Gasteiger partial charge in [-0.1, -0.05) is 6.92 Å². The smallest absolute Gasteiger partial charge is 0.199 e. The van der Waals surface area contributed by atoms with Crippen LogP contribution in [0.5, 0.6) is 0 Å². The molecule has 0 spiro atoms. The Labute approximate surface area is 91.9 Å². The first-order chi connectivity index (χ1) is 7.74. The molecule has 0 aromatic carbocycles. The van der Waals surface area contributed by atoms with E-state index in [1.54, 1.807) is 6.07 Å². The highest BCUT2D eigenvalue weighted by Crippen LogP contribution is 2.17. The SMILES string of the molecule is CCc1occc1C(=O)c1ccncc1F. The molecule has 82 valence electrons. The van der Waals surface area contributed by atoms with Crippen LogP contribution in [-0.4, -0.2) is 10.8 Å². The summed E-state index contributed by atoms with van der Waals surface area (Å²) in [5, 5.41) is 0. The van der Waals surface area contributed by atoms with Crippen molar-refractivity contribution in [1.82, 2.24) is 4.98 Å². The van der Waals surface area contributed by atoms with Crippen molar-refractivity contribution in [3.05, 3.63) is 53.5 Å². The first kappa shape index (κ1) is 10.5. The van der Waals surface area contributed by atoms with E-state index in [2.05, 4.69) is 4.98 Å². The average Bonchev–Trinajstić information content (AvgIpc) is 2.77. The van der Waals surface area contributed by atoms with Crippen LogP contribution < -0.4 is 0 Å². The number of ketones is 1. The number of carbonyl (C=O) groups excluding carboxylic acids is 1. The number of hydrogen-bond acceptors (Lipinski definition) is 3. The fourth-order valence-electron chi connectivity index (χ4n) is 1.52. The molecule has 0 saturated carbocycles. The Morgan fingerprint density at radius 1 is 1.44 bits per heavy atom. The molecule has 16 heavy (non-hydrogen) atoms. The van der Waals surface area contributed by atoms with Gasteiger partial charge in [0.05, 0.1) is 23.6 Å². The Morgan fingerprint density at radius 2 is 2.25 bits per heavy atom. The van der Waals surface area contributed by atoms with E-state index >= 15 is 0 Å². The van der Waals surface area contributed by atoms with E-state index < -0.39 is 5.82 Å².